The fourth-order valence-corrected chi connectivity index (χ4v) is 5.16. The van der Waals surface area contributed by atoms with E-state index in [0.29, 0.717) is 18.3 Å². The molecular formula is C18H26O5. The minimum atomic E-state index is -0.812. The van der Waals surface area contributed by atoms with Crippen molar-refractivity contribution in [2.24, 2.45) is 23.7 Å². The number of hydrogen-bond acceptors (Lipinski definition) is 5. The van der Waals surface area contributed by atoms with Crippen molar-refractivity contribution in [2.75, 3.05) is 0 Å². The Labute approximate surface area is 137 Å². The molecule has 7 atom stereocenters. The molecule has 0 radical (unpaired) electrons. The molecule has 4 aliphatic heterocycles. The molecule has 4 saturated heterocycles. The van der Waals surface area contributed by atoms with Crippen molar-refractivity contribution in [1.29, 1.82) is 0 Å². The summed E-state index contributed by atoms with van der Waals surface area (Å²) in [6.07, 6.45) is 7.90. The molecule has 0 aromatic carbocycles. The minimum absolute atomic E-state index is 0.0915. The number of allylic oxidation sites excluding steroid dienone is 2. The zero-order chi connectivity index (χ0) is 16.2. The fourth-order valence-electron chi connectivity index (χ4n) is 5.16. The summed E-state index contributed by atoms with van der Waals surface area (Å²) < 4.78 is 11.8. The van der Waals surface area contributed by atoms with E-state index in [1.165, 1.54) is 0 Å². The van der Waals surface area contributed by atoms with Crippen molar-refractivity contribution in [3.8, 4) is 0 Å². The zero-order valence-corrected chi connectivity index (χ0v) is 14.1. The van der Waals surface area contributed by atoms with Gasteiger partial charge in [0.25, 0.3) is 0 Å². The Morgan fingerprint density at radius 3 is 2.83 bits per heavy atom. The SMILES string of the molecule is C/C=C/C[C@H]1C(=O)O[C@@H]2O[C@@]3(C)CC[C@H]4[C@H](C)CC[C@@H]1[C@@]24OO3. The Bertz CT molecular complexity index is 532. The van der Waals surface area contributed by atoms with Crippen molar-refractivity contribution in [2.45, 2.75) is 70.6 Å². The van der Waals surface area contributed by atoms with Crippen molar-refractivity contribution in [3.05, 3.63) is 12.2 Å². The van der Waals surface area contributed by atoms with E-state index in [0.717, 1.165) is 25.7 Å². The van der Waals surface area contributed by atoms with Crippen LogP contribution in [0.4, 0.5) is 0 Å². The van der Waals surface area contributed by atoms with E-state index >= 15 is 0 Å². The highest BCUT2D eigenvalue weighted by molar-refractivity contribution is 5.74. The lowest BCUT2D eigenvalue weighted by Crippen LogP contribution is -2.69. The molecule has 5 nitrogen and oxygen atoms in total. The average Bonchev–Trinajstić information content (AvgIpc) is 2.74. The fraction of sp³-hybridized carbons (Fsp3) is 0.833. The van der Waals surface area contributed by atoms with Gasteiger partial charge in [0.1, 0.15) is 0 Å². The molecule has 0 aromatic heterocycles. The van der Waals surface area contributed by atoms with E-state index in [2.05, 4.69) is 6.92 Å². The minimum Gasteiger partial charge on any atom is -0.432 e. The second-order valence-electron chi connectivity index (χ2n) is 7.76. The van der Waals surface area contributed by atoms with Crippen LogP contribution in [0.1, 0.15) is 52.9 Å². The number of esters is 1. The molecule has 5 heteroatoms. The molecule has 0 N–H and O–H groups in total. The number of hydrogen-bond donors (Lipinski definition) is 0. The number of carbonyl (C=O) groups excluding carboxylic acids is 1. The van der Waals surface area contributed by atoms with Crippen molar-refractivity contribution >= 4 is 5.97 Å². The molecule has 0 aromatic rings. The van der Waals surface area contributed by atoms with Crippen LogP contribution in [0.3, 0.4) is 0 Å². The molecule has 0 unspecified atom stereocenters. The van der Waals surface area contributed by atoms with Crippen LogP contribution in [0.25, 0.3) is 0 Å². The van der Waals surface area contributed by atoms with Crippen molar-refractivity contribution < 1.29 is 24.0 Å². The van der Waals surface area contributed by atoms with E-state index < -0.39 is 17.7 Å². The highest BCUT2D eigenvalue weighted by Crippen LogP contribution is 2.60. The first kappa shape index (κ1) is 15.6. The van der Waals surface area contributed by atoms with Gasteiger partial charge in [-0.3, -0.25) is 4.79 Å². The van der Waals surface area contributed by atoms with Crippen LogP contribution < -0.4 is 0 Å². The number of ether oxygens (including phenoxy) is 2. The molecule has 1 aliphatic carbocycles. The summed E-state index contributed by atoms with van der Waals surface area (Å²) in [4.78, 5) is 24.4. The van der Waals surface area contributed by atoms with E-state index in [9.17, 15) is 4.79 Å². The summed E-state index contributed by atoms with van der Waals surface area (Å²) in [7, 11) is 0. The molecule has 0 amide bonds. The topological polar surface area (TPSA) is 54.0 Å². The predicted octanol–water partition coefficient (Wildman–Crippen LogP) is 3.34. The van der Waals surface area contributed by atoms with Gasteiger partial charge >= 0.3 is 5.97 Å². The van der Waals surface area contributed by atoms with Crippen LogP contribution >= 0.6 is 0 Å². The molecule has 5 aliphatic rings. The lowest BCUT2D eigenvalue weighted by atomic mass is 9.57. The second kappa shape index (κ2) is 5.30. The largest absolute Gasteiger partial charge is 0.432 e. The third-order valence-electron chi connectivity index (χ3n) is 6.41. The number of fused-ring (bicyclic) bond motifs is 2. The summed E-state index contributed by atoms with van der Waals surface area (Å²) in [5, 5.41) is 0. The van der Waals surface area contributed by atoms with Crippen LogP contribution in [0.5, 0.6) is 0 Å². The molecule has 5 fully saturated rings. The average molecular weight is 322 g/mol. The van der Waals surface area contributed by atoms with Gasteiger partial charge in [-0.1, -0.05) is 19.1 Å². The molecular weight excluding hydrogens is 296 g/mol. The lowest BCUT2D eigenvalue weighted by molar-refractivity contribution is -0.559. The van der Waals surface area contributed by atoms with E-state index in [-0.39, 0.29) is 17.8 Å². The Kier molecular flexibility index (Phi) is 3.59. The lowest BCUT2D eigenvalue weighted by Gasteiger charge is -2.58. The standard InChI is InChI=1S/C18H26O5/c1-4-5-6-12-14-8-7-11(2)13-9-10-17(3)21-16(20-15(12)19)18(13,14)23-22-17/h4-5,11-14,16H,6-10H2,1-3H3/b5-4+/t11-,12-,13+,14+,16-,17-,18-/m1/s1. The van der Waals surface area contributed by atoms with Crippen molar-refractivity contribution in [3.63, 3.8) is 0 Å². The molecule has 2 bridgehead atoms. The number of carbonyl (C=O) groups is 1. The summed E-state index contributed by atoms with van der Waals surface area (Å²) in [5.41, 5.74) is -0.645. The third kappa shape index (κ3) is 2.13. The van der Waals surface area contributed by atoms with E-state index in [4.69, 9.17) is 19.2 Å². The summed E-state index contributed by atoms with van der Waals surface area (Å²) in [6, 6.07) is 0. The summed E-state index contributed by atoms with van der Waals surface area (Å²) in [6.45, 7) is 6.12. The van der Waals surface area contributed by atoms with Crippen LogP contribution in [-0.4, -0.2) is 23.6 Å². The quantitative estimate of drug-likeness (QED) is 0.443. The summed E-state index contributed by atoms with van der Waals surface area (Å²) >= 11 is 0. The molecule has 5 rings (SSSR count). The maximum absolute atomic E-state index is 12.6. The Hall–Kier alpha value is -0.910. The maximum Gasteiger partial charge on any atom is 0.312 e. The van der Waals surface area contributed by atoms with Crippen LogP contribution in [0.15, 0.2) is 12.2 Å². The first-order chi connectivity index (χ1) is 11.0. The van der Waals surface area contributed by atoms with Crippen LogP contribution in [-0.2, 0) is 24.0 Å². The van der Waals surface area contributed by atoms with Gasteiger partial charge < -0.3 is 9.47 Å². The highest BCUT2D eigenvalue weighted by Gasteiger charge is 2.70. The monoisotopic (exact) mass is 322 g/mol. The van der Waals surface area contributed by atoms with Gasteiger partial charge in [-0.15, -0.1) is 0 Å². The zero-order valence-electron chi connectivity index (χ0n) is 14.1. The van der Waals surface area contributed by atoms with E-state index in [1.807, 2.05) is 26.0 Å². The second-order valence-corrected chi connectivity index (χ2v) is 7.76. The molecule has 23 heavy (non-hydrogen) atoms. The molecule has 1 spiro atoms. The van der Waals surface area contributed by atoms with Gasteiger partial charge in [-0.2, -0.15) is 0 Å². The first-order valence-electron chi connectivity index (χ1n) is 8.86. The Morgan fingerprint density at radius 2 is 2.04 bits per heavy atom. The van der Waals surface area contributed by atoms with Gasteiger partial charge in [0.2, 0.25) is 12.1 Å². The molecule has 4 heterocycles. The van der Waals surface area contributed by atoms with Crippen LogP contribution in [0.2, 0.25) is 0 Å². The Morgan fingerprint density at radius 1 is 1.22 bits per heavy atom. The smallest absolute Gasteiger partial charge is 0.312 e. The normalized spacial score (nSPS) is 52.1. The summed E-state index contributed by atoms with van der Waals surface area (Å²) in [5.74, 6) is -0.233. The maximum atomic E-state index is 12.6. The van der Waals surface area contributed by atoms with E-state index in [1.54, 1.807) is 0 Å². The van der Waals surface area contributed by atoms with Crippen molar-refractivity contribution in [1.82, 2.24) is 0 Å². The first-order valence-corrected chi connectivity index (χ1v) is 8.86. The third-order valence-corrected chi connectivity index (χ3v) is 6.41. The molecule has 1 saturated carbocycles. The highest BCUT2D eigenvalue weighted by atomic mass is 17.3. The molecule has 128 valence electrons. The number of rotatable bonds is 2. The predicted molar refractivity (Wildman–Crippen MR) is 81.8 cm³/mol. The van der Waals surface area contributed by atoms with Gasteiger partial charge in [0, 0.05) is 18.3 Å². The van der Waals surface area contributed by atoms with Crippen LogP contribution in [0, 0.1) is 23.7 Å². The van der Waals surface area contributed by atoms with Gasteiger partial charge in [-0.05, 0) is 45.4 Å². The van der Waals surface area contributed by atoms with Gasteiger partial charge in [0.15, 0.2) is 5.60 Å². The van der Waals surface area contributed by atoms with Gasteiger partial charge in [0.05, 0.1) is 5.92 Å². The Balaban J connectivity index is 1.77. The van der Waals surface area contributed by atoms with Gasteiger partial charge in [-0.25, -0.2) is 9.78 Å².